The molecule has 108 valence electrons. The van der Waals surface area contributed by atoms with Crippen LogP contribution in [0.2, 0.25) is 0 Å². The van der Waals surface area contributed by atoms with Crippen molar-refractivity contribution >= 4 is 0 Å². The van der Waals surface area contributed by atoms with Gasteiger partial charge in [0.1, 0.15) is 12.2 Å². The maximum absolute atomic E-state index is 9.72. The van der Waals surface area contributed by atoms with Crippen molar-refractivity contribution in [3.8, 4) is 0 Å². The van der Waals surface area contributed by atoms with Crippen LogP contribution in [0.5, 0.6) is 0 Å². The van der Waals surface area contributed by atoms with Crippen molar-refractivity contribution in [1.82, 2.24) is 9.97 Å². The lowest BCUT2D eigenvalue weighted by atomic mass is 10.1. The molecule has 19 heavy (non-hydrogen) atoms. The minimum absolute atomic E-state index is 0.180. The molecule has 3 atom stereocenters. The maximum atomic E-state index is 9.72. The summed E-state index contributed by atoms with van der Waals surface area (Å²) < 4.78 is 0. The van der Waals surface area contributed by atoms with Crippen LogP contribution in [0.1, 0.15) is 37.3 Å². The second-order valence-electron chi connectivity index (χ2n) is 4.48. The molecule has 7 nitrogen and oxygen atoms in total. The molecule has 0 amide bonds. The Kier molecular flexibility index (Phi) is 6.26. The predicted molar refractivity (Wildman–Crippen MR) is 65.8 cm³/mol. The van der Waals surface area contributed by atoms with Gasteiger partial charge in [0.2, 0.25) is 0 Å². The topological polar surface area (TPSA) is 127 Å². The smallest absolute Gasteiger partial charge is 0.151 e. The van der Waals surface area contributed by atoms with E-state index in [9.17, 15) is 10.2 Å². The zero-order chi connectivity index (χ0) is 14.4. The zero-order valence-electron chi connectivity index (χ0n) is 10.7. The second kappa shape index (κ2) is 7.46. The lowest BCUT2D eigenvalue weighted by molar-refractivity contribution is -0.0549. The van der Waals surface area contributed by atoms with Crippen LogP contribution < -0.4 is 0 Å². The molecule has 0 fully saturated rings. The lowest BCUT2D eigenvalue weighted by Crippen LogP contribution is -2.30. The second-order valence-corrected chi connectivity index (χ2v) is 4.48. The van der Waals surface area contributed by atoms with Crippen molar-refractivity contribution in [1.29, 1.82) is 0 Å². The van der Waals surface area contributed by atoms with E-state index < -0.39 is 24.6 Å². The third-order valence-corrected chi connectivity index (χ3v) is 2.74. The number of aliphatic hydroxyl groups excluding tert-OH is 4. The molecule has 7 heteroatoms. The number of hydrogen-bond donors (Lipinski definition) is 5. The minimum atomic E-state index is -1.32. The summed E-state index contributed by atoms with van der Waals surface area (Å²) in [5.41, 5.74) is 0.836. The normalized spacial score (nSPS) is 16.4. The number of rotatable bonds is 7. The fourth-order valence-electron chi connectivity index (χ4n) is 1.55. The van der Waals surface area contributed by atoms with Crippen LogP contribution in [0.4, 0.5) is 0 Å². The first-order valence-corrected chi connectivity index (χ1v) is 6.13. The summed E-state index contributed by atoms with van der Waals surface area (Å²) in [6.07, 6.45) is -0.849. The molecule has 0 aliphatic carbocycles. The van der Waals surface area contributed by atoms with Gasteiger partial charge in [-0.15, -0.1) is 0 Å². The molecule has 0 saturated heterocycles. The van der Waals surface area contributed by atoms with Crippen LogP contribution in [-0.2, 0) is 6.42 Å². The maximum Gasteiger partial charge on any atom is 0.151 e. The van der Waals surface area contributed by atoms with Gasteiger partial charge in [0.05, 0.1) is 23.7 Å². The van der Waals surface area contributed by atoms with Gasteiger partial charge in [-0.2, -0.15) is 0 Å². The monoisotopic (exact) mass is 272 g/mol. The van der Waals surface area contributed by atoms with Gasteiger partial charge in [-0.1, -0.05) is 0 Å². The van der Waals surface area contributed by atoms with Crippen LogP contribution in [0, 0.1) is 0 Å². The van der Waals surface area contributed by atoms with Gasteiger partial charge in [-0.25, -0.2) is 0 Å². The van der Waals surface area contributed by atoms with Gasteiger partial charge < -0.3 is 25.5 Å². The molecule has 3 unspecified atom stereocenters. The van der Waals surface area contributed by atoms with Crippen LogP contribution in [0.3, 0.4) is 0 Å². The molecule has 1 aromatic rings. The van der Waals surface area contributed by atoms with Crippen molar-refractivity contribution in [2.24, 2.45) is 0 Å². The van der Waals surface area contributed by atoms with Crippen LogP contribution in [-0.4, -0.2) is 54.0 Å². The first kappa shape index (κ1) is 15.9. The first-order valence-electron chi connectivity index (χ1n) is 6.13. The number of aliphatic hydroxyl groups is 5. The van der Waals surface area contributed by atoms with Gasteiger partial charge in [-0.05, 0) is 26.2 Å². The minimum Gasteiger partial charge on any atom is -0.391 e. The average Bonchev–Trinajstić information content (AvgIpc) is 2.37. The highest BCUT2D eigenvalue weighted by molar-refractivity contribution is 5.07. The van der Waals surface area contributed by atoms with E-state index in [-0.39, 0.29) is 12.1 Å². The quantitative estimate of drug-likeness (QED) is 0.398. The average molecular weight is 272 g/mol. The molecule has 5 N–H and O–H groups in total. The van der Waals surface area contributed by atoms with E-state index in [1.54, 1.807) is 0 Å². The molecule has 0 aliphatic rings. The van der Waals surface area contributed by atoms with E-state index in [1.165, 1.54) is 19.3 Å². The van der Waals surface area contributed by atoms with E-state index in [1.807, 2.05) is 0 Å². The van der Waals surface area contributed by atoms with Crippen LogP contribution in [0.15, 0.2) is 12.4 Å². The largest absolute Gasteiger partial charge is 0.391 e. The van der Waals surface area contributed by atoms with Crippen molar-refractivity contribution in [3.63, 3.8) is 0 Å². The molecule has 0 bridgehead atoms. The molecule has 0 spiro atoms. The molecule has 0 aromatic carbocycles. The Balaban J connectivity index is 2.56. The van der Waals surface area contributed by atoms with E-state index in [4.69, 9.17) is 15.3 Å². The Hall–Kier alpha value is -1.12. The third kappa shape index (κ3) is 5.17. The summed E-state index contributed by atoms with van der Waals surface area (Å²) in [6, 6.07) is 0. The van der Waals surface area contributed by atoms with E-state index in [2.05, 4.69) is 9.97 Å². The fraction of sp³-hybridized carbons (Fsp3) is 0.667. The summed E-state index contributed by atoms with van der Waals surface area (Å²) in [4.78, 5) is 8.03. The summed E-state index contributed by atoms with van der Waals surface area (Å²) in [7, 11) is 0. The van der Waals surface area contributed by atoms with Crippen molar-refractivity contribution in [3.05, 3.63) is 23.8 Å². The Morgan fingerprint density at radius 3 is 2.21 bits per heavy atom. The van der Waals surface area contributed by atoms with Crippen molar-refractivity contribution < 1.29 is 25.5 Å². The van der Waals surface area contributed by atoms with Crippen LogP contribution in [0.25, 0.3) is 0 Å². The Bertz CT molecular complexity index is 369. The fourth-order valence-corrected chi connectivity index (χ4v) is 1.55. The SMILES string of the molecule is CC(O)C(O)C(O)c1cnc(CCCC(O)O)cn1. The molecular weight excluding hydrogens is 252 g/mol. The van der Waals surface area contributed by atoms with Gasteiger partial charge in [-0.3, -0.25) is 9.97 Å². The predicted octanol–water partition coefficient (Wildman–Crippen LogP) is -1.11. The first-order chi connectivity index (χ1) is 8.91. The molecule has 1 aromatic heterocycles. The standard InChI is InChI=1S/C12H20N2O5/c1-7(15)11(18)12(19)9-6-13-8(5-14-9)3-2-4-10(16)17/h5-7,10-12,15-19H,2-4H2,1H3. The summed E-state index contributed by atoms with van der Waals surface area (Å²) in [5, 5.41) is 45.8. The molecule has 1 rings (SSSR count). The third-order valence-electron chi connectivity index (χ3n) is 2.74. The number of aryl methyl sites for hydroxylation is 1. The summed E-state index contributed by atoms with van der Waals surface area (Å²) in [6.45, 7) is 1.37. The van der Waals surface area contributed by atoms with Crippen LogP contribution >= 0.6 is 0 Å². The van der Waals surface area contributed by atoms with Gasteiger partial charge in [0.25, 0.3) is 0 Å². The van der Waals surface area contributed by atoms with E-state index in [0.717, 1.165) is 0 Å². The lowest BCUT2D eigenvalue weighted by Gasteiger charge is -2.19. The molecule has 0 radical (unpaired) electrons. The van der Waals surface area contributed by atoms with Gasteiger partial charge >= 0.3 is 0 Å². The van der Waals surface area contributed by atoms with Crippen molar-refractivity contribution in [2.75, 3.05) is 0 Å². The Labute approximate surface area is 111 Å². The highest BCUT2D eigenvalue weighted by Gasteiger charge is 2.24. The van der Waals surface area contributed by atoms with Crippen molar-refractivity contribution in [2.45, 2.75) is 50.8 Å². The van der Waals surface area contributed by atoms with E-state index >= 15 is 0 Å². The highest BCUT2D eigenvalue weighted by atomic mass is 16.5. The van der Waals surface area contributed by atoms with Gasteiger partial charge in [0.15, 0.2) is 6.29 Å². The van der Waals surface area contributed by atoms with E-state index in [0.29, 0.717) is 18.5 Å². The summed E-state index contributed by atoms with van der Waals surface area (Å²) >= 11 is 0. The zero-order valence-corrected chi connectivity index (χ0v) is 10.7. The number of aromatic nitrogens is 2. The molecule has 0 saturated carbocycles. The number of hydrogen-bond acceptors (Lipinski definition) is 7. The molecule has 1 heterocycles. The Morgan fingerprint density at radius 1 is 1.05 bits per heavy atom. The summed E-state index contributed by atoms with van der Waals surface area (Å²) in [5.74, 6) is 0. The highest BCUT2D eigenvalue weighted by Crippen LogP contribution is 2.16. The van der Waals surface area contributed by atoms with Gasteiger partial charge in [0, 0.05) is 6.20 Å². The Morgan fingerprint density at radius 2 is 1.74 bits per heavy atom. The number of nitrogens with zero attached hydrogens (tertiary/aromatic N) is 2. The molecule has 0 aliphatic heterocycles. The molecular formula is C12H20N2O5.